The van der Waals surface area contributed by atoms with Gasteiger partial charge in [0.05, 0.1) is 22.3 Å². The standard InChI is InChI=1S/C18H14Cl3N3O5/c1-3-28-18(27)13-8(2)29-16-14(13)17(26)24(7-22-16)6-12(25)23-15-10(20)4-9(19)5-11(15)21/h4-5,7H,3,6H2,1-2H3,(H,23,25). The number of anilines is 1. The van der Waals surface area contributed by atoms with E-state index in [1.807, 2.05) is 0 Å². The van der Waals surface area contributed by atoms with Crippen LogP contribution in [-0.4, -0.2) is 28.0 Å². The third-order valence-electron chi connectivity index (χ3n) is 3.92. The zero-order valence-corrected chi connectivity index (χ0v) is 17.5. The van der Waals surface area contributed by atoms with E-state index in [9.17, 15) is 14.4 Å². The van der Waals surface area contributed by atoms with E-state index < -0.39 is 24.0 Å². The molecule has 0 aliphatic heterocycles. The zero-order chi connectivity index (χ0) is 21.3. The van der Waals surface area contributed by atoms with Gasteiger partial charge in [0.1, 0.15) is 29.6 Å². The quantitative estimate of drug-likeness (QED) is 0.578. The second-order valence-corrected chi connectivity index (χ2v) is 7.15. The Kier molecular flexibility index (Phi) is 6.16. The van der Waals surface area contributed by atoms with E-state index in [2.05, 4.69) is 10.3 Å². The molecule has 1 N–H and O–H groups in total. The number of hydrogen-bond donors (Lipinski definition) is 1. The summed E-state index contributed by atoms with van der Waals surface area (Å²) in [5.74, 6) is -1.09. The van der Waals surface area contributed by atoms with Crippen LogP contribution in [-0.2, 0) is 16.1 Å². The lowest BCUT2D eigenvalue weighted by Crippen LogP contribution is -2.28. The van der Waals surface area contributed by atoms with Crippen LogP contribution in [0, 0.1) is 6.92 Å². The largest absolute Gasteiger partial charge is 0.462 e. The van der Waals surface area contributed by atoms with Crippen LogP contribution in [0.15, 0.2) is 27.7 Å². The van der Waals surface area contributed by atoms with Crippen LogP contribution in [0.2, 0.25) is 15.1 Å². The van der Waals surface area contributed by atoms with Crippen molar-refractivity contribution in [2.75, 3.05) is 11.9 Å². The Morgan fingerprint density at radius 2 is 1.90 bits per heavy atom. The van der Waals surface area contributed by atoms with E-state index in [0.29, 0.717) is 5.02 Å². The molecule has 8 nitrogen and oxygen atoms in total. The van der Waals surface area contributed by atoms with Crippen molar-refractivity contribution in [2.24, 2.45) is 0 Å². The number of ether oxygens (including phenoxy) is 1. The molecule has 0 spiro atoms. The smallest absolute Gasteiger partial charge is 0.342 e. The first-order valence-electron chi connectivity index (χ1n) is 8.33. The molecule has 2 aromatic heterocycles. The fraction of sp³-hybridized carbons (Fsp3) is 0.222. The van der Waals surface area contributed by atoms with Crippen LogP contribution in [0.3, 0.4) is 0 Å². The van der Waals surface area contributed by atoms with Gasteiger partial charge in [0.15, 0.2) is 0 Å². The Labute approximate surface area is 179 Å². The van der Waals surface area contributed by atoms with Gasteiger partial charge < -0.3 is 14.5 Å². The molecule has 0 saturated heterocycles. The number of carbonyl (C=O) groups is 2. The molecule has 0 aliphatic rings. The molecule has 0 unspecified atom stereocenters. The highest BCUT2D eigenvalue weighted by atomic mass is 35.5. The van der Waals surface area contributed by atoms with Gasteiger partial charge >= 0.3 is 5.97 Å². The Morgan fingerprint density at radius 3 is 2.52 bits per heavy atom. The molecule has 0 atom stereocenters. The Morgan fingerprint density at radius 1 is 1.24 bits per heavy atom. The molecule has 152 valence electrons. The number of amides is 1. The summed E-state index contributed by atoms with van der Waals surface area (Å²) in [6, 6.07) is 2.84. The minimum absolute atomic E-state index is 0.0158. The van der Waals surface area contributed by atoms with E-state index in [1.165, 1.54) is 19.1 Å². The maximum atomic E-state index is 12.8. The average Bonchev–Trinajstić information content (AvgIpc) is 2.97. The molecule has 3 aromatic rings. The zero-order valence-electron chi connectivity index (χ0n) is 15.2. The molecule has 29 heavy (non-hydrogen) atoms. The van der Waals surface area contributed by atoms with E-state index >= 15 is 0 Å². The summed E-state index contributed by atoms with van der Waals surface area (Å²) < 4.78 is 11.4. The molecule has 1 aromatic carbocycles. The highest BCUT2D eigenvalue weighted by Gasteiger charge is 2.24. The number of hydrogen-bond acceptors (Lipinski definition) is 6. The van der Waals surface area contributed by atoms with Gasteiger partial charge in [0.25, 0.3) is 5.56 Å². The fourth-order valence-electron chi connectivity index (χ4n) is 2.69. The molecule has 0 aliphatic carbocycles. The Hall–Kier alpha value is -2.55. The number of esters is 1. The van der Waals surface area contributed by atoms with E-state index in [-0.39, 0.29) is 44.8 Å². The van der Waals surface area contributed by atoms with Crippen LogP contribution < -0.4 is 10.9 Å². The number of fused-ring (bicyclic) bond motifs is 1. The third-order valence-corrected chi connectivity index (χ3v) is 4.73. The first kappa shape index (κ1) is 21.2. The predicted molar refractivity (Wildman–Crippen MR) is 109 cm³/mol. The number of nitrogens with zero attached hydrogens (tertiary/aromatic N) is 2. The van der Waals surface area contributed by atoms with Crippen molar-refractivity contribution in [1.29, 1.82) is 0 Å². The minimum Gasteiger partial charge on any atom is -0.462 e. The first-order chi connectivity index (χ1) is 13.7. The molecule has 0 radical (unpaired) electrons. The molecule has 11 heteroatoms. The van der Waals surface area contributed by atoms with Gasteiger partial charge in [-0.15, -0.1) is 0 Å². The normalized spacial score (nSPS) is 10.9. The van der Waals surface area contributed by atoms with Crippen LogP contribution in [0.25, 0.3) is 11.1 Å². The Balaban J connectivity index is 1.94. The van der Waals surface area contributed by atoms with Gasteiger partial charge in [-0.05, 0) is 26.0 Å². The van der Waals surface area contributed by atoms with Crippen LogP contribution in [0.4, 0.5) is 5.69 Å². The maximum absolute atomic E-state index is 12.8. The molecule has 0 bridgehead atoms. The molecule has 1 amide bonds. The van der Waals surface area contributed by atoms with Crippen molar-refractivity contribution in [3.63, 3.8) is 0 Å². The van der Waals surface area contributed by atoms with Crippen molar-refractivity contribution in [1.82, 2.24) is 9.55 Å². The molecule has 3 rings (SSSR count). The minimum atomic E-state index is -0.704. The Bertz CT molecular complexity index is 1160. The lowest BCUT2D eigenvalue weighted by Gasteiger charge is -2.11. The van der Waals surface area contributed by atoms with Gasteiger partial charge in [-0.25, -0.2) is 9.78 Å². The molecule has 2 heterocycles. The maximum Gasteiger partial charge on any atom is 0.342 e. The second-order valence-electron chi connectivity index (χ2n) is 5.90. The van der Waals surface area contributed by atoms with E-state index in [0.717, 1.165) is 10.9 Å². The lowest BCUT2D eigenvalue weighted by atomic mass is 10.2. The average molecular weight is 459 g/mol. The van der Waals surface area contributed by atoms with Gasteiger partial charge in [0, 0.05) is 5.02 Å². The van der Waals surface area contributed by atoms with Crippen LogP contribution in [0.5, 0.6) is 0 Å². The number of carbonyl (C=O) groups excluding carboxylic acids is 2. The second kappa shape index (κ2) is 8.44. The van der Waals surface area contributed by atoms with Gasteiger partial charge in [-0.3, -0.25) is 14.2 Å². The van der Waals surface area contributed by atoms with Crippen LogP contribution in [0.1, 0.15) is 23.0 Å². The summed E-state index contributed by atoms with van der Waals surface area (Å²) in [5.41, 5.74) is -0.497. The number of aryl methyl sites for hydroxylation is 1. The molecule has 0 saturated carbocycles. The summed E-state index contributed by atoms with van der Waals surface area (Å²) in [6.07, 6.45) is 1.15. The summed E-state index contributed by atoms with van der Waals surface area (Å²) in [4.78, 5) is 41.5. The lowest BCUT2D eigenvalue weighted by molar-refractivity contribution is -0.116. The number of aromatic nitrogens is 2. The SMILES string of the molecule is CCOC(=O)c1c(C)oc2ncn(CC(=O)Nc3c(Cl)cc(Cl)cc3Cl)c(=O)c12. The first-order valence-corrected chi connectivity index (χ1v) is 9.46. The number of halogens is 3. The number of benzene rings is 1. The third kappa shape index (κ3) is 4.24. The summed E-state index contributed by atoms with van der Waals surface area (Å²) in [7, 11) is 0. The predicted octanol–water partition coefficient (Wildman–Crippen LogP) is 4.07. The van der Waals surface area contributed by atoms with Gasteiger partial charge in [-0.1, -0.05) is 34.8 Å². The summed E-state index contributed by atoms with van der Waals surface area (Å²) >= 11 is 17.9. The topological polar surface area (TPSA) is 103 Å². The van der Waals surface area contributed by atoms with Gasteiger partial charge in [-0.2, -0.15) is 0 Å². The molecule has 0 fully saturated rings. The number of furan rings is 1. The van der Waals surface area contributed by atoms with Crippen molar-refractivity contribution in [2.45, 2.75) is 20.4 Å². The summed E-state index contributed by atoms with van der Waals surface area (Å²) in [6.45, 7) is 2.90. The summed E-state index contributed by atoms with van der Waals surface area (Å²) in [5, 5.41) is 3.07. The van der Waals surface area contributed by atoms with Crippen molar-refractivity contribution in [3.05, 3.63) is 55.2 Å². The fourth-order valence-corrected chi connectivity index (χ4v) is 3.61. The number of rotatable bonds is 5. The number of nitrogens with one attached hydrogen (secondary N) is 1. The highest BCUT2D eigenvalue weighted by Crippen LogP contribution is 2.33. The van der Waals surface area contributed by atoms with E-state index in [1.54, 1.807) is 6.92 Å². The van der Waals surface area contributed by atoms with Gasteiger partial charge in [0.2, 0.25) is 11.6 Å². The highest BCUT2D eigenvalue weighted by molar-refractivity contribution is 6.42. The molecular weight excluding hydrogens is 445 g/mol. The van der Waals surface area contributed by atoms with E-state index in [4.69, 9.17) is 44.0 Å². The molecular formula is C18H14Cl3N3O5. The van der Waals surface area contributed by atoms with Crippen molar-refractivity contribution in [3.8, 4) is 0 Å². The van der Waals surface area contributed by atoms with Crippen LogP contribution >= 0.6 is 34.8 Å². The monoisotopic (exact) mass is 457 g/mol. The van der Waals surface area contributed by atoms with Crippen molar-refractivity contribution >= 4 is 63.5 Å². The van der Waals surface area contributed by atoms with Crippen molar-refractivity contribution < 1.29 is 18.7 Å².